The van der Waals surface area contributed by atoms with Crippen LogP contribution in [0.15, 0.2) is 51.3 Å². The summed E-state index contributed by atoms with van der Waals surface area (Å²) in [5, 5.41) is 10.9. The summed E-state index contributed by atoms with van der Waals surface area (Å²) in [6.45, 7) is 1.29. The monoisotopic (exact) mass is 483 g/mol. The van der Waals surface area contributed by atoms with Gasteiger partial charge in [-0.1, -0.05) is 0 Å². The highest BCUT2D eigenvalue weighted by molar-refractivity contribution is 7.87. The van der Waals surface area contributed by atoms with Crippen LogP contribution in [-0.2, 0) is 22.5 Å². The summed E-state index contributed by atoms with van der Waals surface area (Å²) < 4.78 is 108. The maximum Gasteiger partial charge on any atom is 0.416 e. The van der Waals surface area contributed by atoms with E-state index in [1.54, 1.807) is 0 Å². The van der Waals surface area contributed by atoms with E-state index in [4.69, 9.17) is 9.29 Å². The van der Waals surface area contributed by atoms with Crippen molar-refractivity contribution in [3.63, 3.8) is 0 Å². The van der Waals surface area contributed by atoms with Gasteiger partial charge in [0.05, 0.1) is 21.8 Å². The summed E-state index contributed by atoms with van der Waals surface area (Å²) in [5.41, 5.74) is -3.65. The Morgan fingerprint density at radius 2 is 1.50 bits per heavy atom. The molecule has 2 N–H and O–H groups in total. The normalized spacial score (nSPS) is 18.3. The number of halogens is 6. The van der Waals surface area contributed by atoms with Crippen molar-refractivity contribution in [2.75, 3.05) is 0 Å². The van der Waals surface area contributed by atoms with Crippen molar-refractivity contribution in [2.24, 2.45) is 9.98 Å². The van der Waals surface area contributed by atoms with Crippen molar-refractivity contribution in [2.45, 2.75) is 30.0 Å². The molecule has 2 aromatic rings. The van der Waals surface area contributed by atoms with E-state index in [1.807, 2.05) is 5.32 Å². The minimum Gasteiger partial charge on any atom is -0.465 e. The number of carboxylic acid groups (broad SMARTS) is 1. The molecular formula is C17H11F6N3O5S. The minimum atomic E-state index is -5.25. The lowest BCUT2D eigenvalue weighted by atomic mass is 10.1. The second-order valence-electron chi connectivity index (χ2n) is 6.60. The number of fused-ring (bicyclic) bond motifs is 1. The van der Waals surface area contributed by atoms with Gasteiger partial charge in [0.25, 0.3) is 0 Å². The van der Waals surface area contributed by atoms with Crippen LogP contribution in [-0.4, -0.2) is 25.4 Å². The number of carbonyl (C=O) groups is 1. The number of nitrogens with one attached hydrogen (secondary N) is 1. The van der Waals surface area contributed by atoms with Gasteiger partial charge in [-0.3, -0.25) is 5.32 Å². The molecule has 0 spiro atoms. The van der Waals surface area contributed by atoms with Crippen LogP contribution < -0.4 is 20.2 Å². The van der Waals surface area contributed by atoms with Crippen molar-refractivity contribution in [1.29, 1.82) is 0 Å². The van der Waals surface area contributed by atoms with Crippen LogP contribution in [0, 0.1) is 0 Å². The molecule has 1 aliphatic rings. The van der Waals surface area contributed by atoms with Gasteiger partial charge in [-0.05, 0) is 30.3 Å². The van der Waals surface area contributed by atoms with Gasteiger partial charge in [0.2, 0.25) is 5.79 Å². The molecule has 0 saturated heterocycles. The fourth-order valence-corrected chi connectivity index (χ4v) is 3.73. The third kappa shape index (κ3) is 4.92. The molecule has 1 unspecified atom stereocenters. The molecule has 1 heterocycles. The van der Waals surface area contributed by atoms with Crippen LogP contribution in [0.5, 0.6) is 5.75 Å². The Morgan fingerprint density at radius 1 is 0.969 bits per heavy atom. The van der Waals surface area contributed by atoms with Gasteiger partial charge in [-0.2, -0.15) is 34.8 Å². The summed E-state index contributed by atoms with van der Waals surface area (Å²) >= 11 is 0. The van der Waals surface area contributed by atoms with E-state index in [2.05, 4.69) is 9.98 Å². The van der Waals surface area contributed by atoms with E-state index >= 15 is 0 Å². The number of amides is 1. The first-order chi connectivity index (χ1) is 14.5. The average molecular weight is 483 g/mol. The van der Waals surface area contributed by atoms with Gasteiger partial charge in [0.1, 0.15) is 10.6 Å². The lowest BCUT2D eigenvalue weighted by Gasteiger charge is -2.16. The van der Waals surface area contributed by atoms with Gasteiger partial charge in [0, 0.05) is 13.0 Å². The third-order valence-electron chi connectivity index (χ3n) is 4.02. The maximum atomic E-state index is 13.0. The van der Waals surface area contributed by atoms with E-state index in [9.17, 15) is 39.6 Å². The lowest BCUT2D eigenvalue weighted by Crippen LogP contribution is -2.41. The van der Waals surface area contributed by atoms with Crippen LogP contribution in [0.25, 0.3) is 0 Å². The SMILES string of the molecule is CC1(NC(=O)O)N=c2ccc(OS(=O)(=O)c3cc(C(F)(F)F)cc(C(F)(F)F)c3)cc2=N1. The highest BCUT2D eigenvalue weighted by atomic mass is 32.2. The van der Waals surface area contributed by atoms with Gasteiger partial charge >= 0.3 is 28.6 Å². The first-order valence-electron chi connectivity index (χ1n) is 8.33. The van der Waals surface area contributed by atoms with Gasteiger partial charge in [-0.15, -0.1) is 0 Å². The molecule has 0 aromatic heterocycles. The van der Waals surface area contributed by atoms with E-state index in [0.717, 1.165) is 12.1 Å². The second-order valence-corrected chi connectivity index (χ2v) is 8.15. The quantitative estimate of drug-likeness (QED) is 0.512. The summed E-state index contributed by atoms with van der Waals surface area (Å²) in [7, 11) is -5.13. The van der Waals surface area contributed by atoms with Crippen LogP contribution in [0.1, 0.15) is 18.1 Å². The summed E-state index contributed by atoms with van der Waals surface area (Å²) in [4.78, 5) is 17.4. The van der Waals surface area contributed by atoms with Crippen molar-refractivity contribution in [3.8, 4) is 5.75 Å². The molecule has 0 bridgehead atoms. The fourth-order valence-electron chi connectivity index (χ4n) is 2.74. The Kier molecular flexibility index (Phi) is 5.36. The zero-order chi connectivity index (χ0) is 24.1. The number of nitrogens with zero attached hydrogens (tertiary/aromatic N) is 2. The van der Waals surface area contributed by atoms with Crippen molar-refractivity contribution < 1.29 is 48.8 Å². The zero-order valence-electron chi connectivity index (χ0n) is 15.6. The Balaban J connectivity index is 2.02. The van der Waals surface area contributed by atoms with Crippen LogP contribution in [0.3, 0.4) is 0 Å². The third-order valence-corrected chi connectivity index (χ3v) is 5.25. The average Bonchev–Trinajstić information content (AvgIpc) is 2.93. The minimum absolute atomic E-state index is 0.0193. The van der Waals surface area contributed by atoms with Crippen LogP contribution in [0.2, 0.25) is 0 Å². The second kappa shape index (κ2) is 7.36. The summed E-state index contributed by atoms with van der Waals surface area (Å²) in [6, 6.07) is 3.03. The smallest absolute Gasteiger partial charge is 0.416 e. The number of benzene rings is 2. The molecule has 3 rings (SSSR count). The molecule has 172 valence electrons. The van der Waals surface area contributed by atoms with E-state index in [-0.39, 0.29) is 28.9 Å². The van der Waals surface area contributed by atoms with E-state index in [1.165, 1.54) is 13.0 Å². The Hall–Kier alpha value is -3.36. The van der Waals surface area contributed by atoms with Crippen LogP contribution in [0.4, 0.5) is 31.1 Å². The predicted molar refractivity (Wildman–Crippen MR) is 92.6 cm³/mol. The summed E-state index contributed by atoms with van der Waals surface area (Å²) in [5.74, 6) is -2.11. The van der Waals surface area contributed by atoms with E-state index in [0.29, 0.717) is 0 Å². The molecule has 1 atom stereocenters. The van der Waals surface area contributed by atoms with Crippen molar-refractivity contribution in [1.82, 2.24) is 5.32 Å². The van der Waals surface area contributed by atoms with E-state index < -0.39 is 56.1 Å². The largest absolute Gasteiger partial charge is 0.465 e. The first kappa shape index (κ1) is 23.3. The molecular weight excluding hydrogens is 472 g/mol. The highest BCUT2D eigenvalue weighted by Gasteiger charge is 2.38. The van der Waals surface area contributed by atoms with Crippen molar-refractivity contribution >= 4 is 16.2 Å². The standard InChI is InChI=1S/C17H11F6N3O5S/c1-15(26-14(27)28)24-12-3-2-10(7-13(12)25-15)31-32(29,30)11-5-8(16(18,19)20)4-9(6-11)17(21,22)23/h2-7,26H,1H3,(H,27,28). The first-order valence-corrected chi connectivity index (χ1v) is 9.74. The van der Waals surface area contributed by atoms with Gasteiger partial charge in [0.15, 0.2) is 0 Å². The lowest BCUT2D eigenvalue weighted by molar-refractivity contribution is -0.143. The molecule has 15 heteroatoms. The topological polar surface area (TPSA) is 117 Å². The Morgan fingerprint density at radius 3 is 2.00 bits per heavy atom. The van der Waals surface area contributed by atoms with Crippen molar-refractivity contribution in [3.05, 3.63) is 58.2 Å². The molecule has 0 saturated carbocycles. The molecule has 1 aliphatic heterocycles. The molecule has 2 aromatic carbocycles. The number of rotatable bonds is 4. The molecule has 8 nitrogen and oxygen atoms in total. The zero-order valence-corrected chi connectivity index (χ0v) is 16.4. The predicted octanol–water partition coefficient (Wildman–Crippen LogP) is 2.69. The Bertz CT molecular complexity index is 1290. The molecule has 0 aliphatic carbocycles. The fraction of sp³-hybridized carbons (Fsp3) is 0.235. The van der Waals surface area contributed by atoms with Gasteiger partial charge in [-0.25, -0.2) is 14.8 Å². The van der Waals surface area contributed by atoms with Crippen LogP contribution >= 0.6 is 0 Å². The molecule has 1 amide bonds. The number of hydrogen-bond acceptors (Lipinski definition) is 6. The number of hydrogen-bond donors (Lipinski definition) is 2. The molecule has 0 radical (unpaired) electrons. The summed E-state index contributed by atoms with van der Waals surface area (Å²) in [6.07, 6.45) is -11.9. The molecule has 32 heavy (non-hydrogen) atoms. The maximum absolute atomic E-state index is 13.0. The van der Waals surface area contributed by atoms with Gasteiger partial charge < -0.3 is 9.29 Å². The molecule has 0 fully saturated rings. The Labute approximate surface area is 175 Å². The highest BCUT2D eigenvalue weighted by Crippen LogP contribution is 2.37. The number of alkyl halides is 6.